The number of amides is 2. The van der Waals surface area contributed by atoms with Gasteiger partial charge in [-0.05, 0) is 37.0 Å². The first-order valence-corrected chi connectivity index (χ1v) is 7.25. The Morgan fingerprint density at radius 3 is 2.43 bits per heavy atom. The van der Waals surface area contributed by atoms with Crippen LogP contribution in [0.3, 0.4) is 0 Å². The molecule has 1 aromatic rings. The first-order valence-electron chi connectivity index (χ1n) is 7.25. The van der Waals surface area contributed by atoms with Crippen molar-refractivity contribution in [2.75, 3.05) is 6.54 Å². The Kier molecular flexibility index (Phi) is 4.60. The molecule has 1 heterocycles. The third-order valence-corrected chi connectivity index (χ3v) is 3.92. The van der Waals surface area contributed by atoms with Crippen molar-refractivity contribution in [1.82, 2.24) is 10.2 Å². The number of carbonyl (C=O) groups excluding carboxylic acids is 2. The van der Waals surface area contributed by atoms with Crippen molar-refractivity contribution in [1.29, 1.82) is 0 Å². The number of rotatable bonds is 4. The van der Waals surface area contributed by atoms with E-state index >= 15 is 0 Å². The summed E-state index contributed by atoms with van der Waals surface area (Å²) in [5, 5.41) is 2.77. The van der Waals surface area contributed by atoms with Crippen LogP contribution in [0.25, 0.3) is 0 Å². The van der Waals surface area contributed by atoms with Gasteiger partial charge in [-0.1, -0.05) is 26.0 Å². The van der Waals surface area contributed by atoms with Crippen LogP contribution in [0.1, 0.15) is 26.3 Å². The number of benzene rings is 1. The maximum absolute atomic E-state index is 12.9. The molecule has 4 nitrogen and oxygen atoms in total. The van der Waals surface area contributed by atoms with E-state index in [0.717, 1.165) is 5.56 Å². The molecule has 1 fully saturated rings. The SMILES string of the molecule is CC(C)C1NC(=O)C(C)N(CCc2ccc(F)cc2)C1=O. The Labute approximate surface area is 124 Å². The van der Waals surface area contributed by atoms with Gasteiger partial charge in [-0.15, -0.1) is 0 Å². The molecule has 2 amide bonds. The number of halogens is 1. The number of piperazine rings is 1. The van der Waals surface area contributed by atoms with Crippen molar-refractivity contribution in [3.8, 4) is 0 Å². The van der Waals surface area contributed by atoms with Gasteiger partial charge in [0, 0.05) is 6.54 Å². The molecule has 1 N–H and O–H groups in total. The zero-order valence-corrected chi connectivity index (χ0v) is 12.6. The molecule has 5 heteroatoms. The van der Waals surface area contributed by atoms with Gasteiger partial charge in [-0.2, -0.15) is 0 Å². The summed E-state index contributed by atoms with van der Waals surface area (Å²) < 4.78 is 12.9. The zero-order chi connectivity index (χ0) is 15.6. The standard InChI is InChI=1S/C16H21FN2O2/c1-10(2)14-16(21)19(11(3)15(20)18-14)9-8-12-4-6-13(17)7-5-12/h4-7,10-11,14H,8-9H2,1-3H3,(H,18,20). The second kappa shape index (κ2) is 6.24. The topological polar surface area (TPSA) is 49.4 Å². The smallest absolute Gasteiger partial charge is 0.246 e. The summed E-state index contributed by atoms with van der Waals surface area (Å²) in [6.45, 7) is 6.02. The van der Waals surface area contributed by atoms with Gasteiger partial charge < -0.3 is 10.2 Å². The van der Waals surface area contributed by atoms with Crippen LogP contribution in [0.5, 0.6) is 0 Å². The highest BCUT2D eigenvalue weighted by Crippen LogP contribution is 2.16. The van der Waals surface area contributed by atoms with Crippen molar-refractivity contribution in [2.45, 2.75) is 39.3 Å². The molecule has 0 saturated carbocycles. The van der Waals surface area contributed by atoms with Crippen molar-refractivity contribution in [3.63, 3.8) is 0 Å². The molecule has 1 saturated heterocycles. The molecule has 0 radical (unpaired) electrons. The molecule has 2 rings (SSSR count). The predicted octanol–water partition coefficient (Wildman–Crippen LogP) is 1.74. The summed E-state index contributed by atoms with van der Waals surface area (Å²) in [5.74, 6) is -0.380. The molecule has 0 aliphatic carbocycles. The molecule has 114 valence electrons. The normalized spacial score (nSPS) is 22.6. The molecule has 1 aliphatic rings. The van der Waals surface area contributed by atoms with E-state index in [1.165, 1.54) is 12.1 Å². The summed E-state index contributed by atoms with van der Waals surface area (Å²) >= 11 is 0. The van der Waals surface area contributed by atoms with Crippen molar-refractivity contribution in [2.24, 2.45) is 5.92 Å². The number of carbonyl (C=O) groups is 2. The maximum Gasteiger partial charge on any atom is 0.246 e. The molecular formula is C16H21FN2O2. The van der Waals surface area contributed by atoms with Gasteiger partial charge in [0.1, 0.15) is 17.9 Å². The predicted molar refractivity (Wildman–Crippen MR) is 78.0 cm³/mol. The monoisotopic (exact) mass is 292 g/mol. The Bertz CT molecular complexity index is 528. The first kappa shape index (κ1) is 15.5. The minimum absolute atomic E-state index is 0.0424. The van der Waals surface area contributed by atoms with Crippen LogP contribution in [0.15, 0.2) is 24.3 Å². The van der Waals surface area contributed by atoms with Crippen molar-refractivity contribution in [3.05, 3.63) is 35.6 Å². The van der Waals surface area contributed by atoms with E-state index in [2.05, 4.69) is 5.32 Å². The third-order valence-electron chi connectivity index (χ3n) is 3.92. The maximum atomic E-state index is 12.9. The van der Waals surface area contributed by atoms with E-state index in [9.17, 15) is 14.0 Å². The molecule has 0 spiro atoms. The number of nitrogens with zero attached hydrogens (tertiary/aromatic N) is 1. The third kappa shape index (κ3) is 3.40. The highest BCUT2D eigenvalue weighted by Gasteiger charge is 2.38. The lowest BCUT2D eigenvalue weighted by atomic mass is 9.98. The van der Waals surface area contributed by atoms with Crippen LogP contribution in [-0.4, -0.2) is 35.3 Å². The largest absolute Gasteiger partial charge is 0.342 e. The quantitative estimate of drug-likeness (QED) is 0.919. The molecule has 0 aromatic heterocycles. The van der Waals surface area contributed by atoms with Crippen LogP contribution in [0.2, 0.25) is 0 Å². The van der Waals surface area contributed by atoms with Crippen LogP contribution in [-0.2, 0) is 16.0 Å². The van der Waals surface area contributed by atoms with Crippen molar-refractivity contribution >= 4 is 11.8 Å². The summed E-state index contributed by atoms with van der Waals surface area (Å²) in [4.78, 5) is 26.0. The van der Waals surface area contributed by atoms with Gasteiger partial charge in [-0.25, -0.2) is 4.39 Å². The van der Waals surface area contributed by atoms with E-state index < -0.39 is 12.1 Å². The van der Waals surface area contributed by atoms with E-state index in [1.54, 1.807) is 24.0 Å². The van der Waals surface area contributed by atoms with E-state index in [0.29, 0.717) is 13.0 Å². The highest BCUT2D eigenvalue weighted by molar-refractivity contribution is 5.96. The van der Waals surface area contributed by atoms with E-state index in [1.807, 2.05) is 13.8 Å². The van der Waals surface area contributed by atoms with Crippen LogP contribution < -0.4 is 5.32 Å². The molecule has 2 atom stereocenters. The van der Waals surface area contributed by atoms with Gasteiger partial charge in [0.05, 0.1) is 0 Å². The number of hydrogen-bond donors (Lipinski definition) is 1. The van der Waals surface area contributed by atoms with Gasteiger partial charge in [0.2, 0.25) is 11.8 Å². The molecule has 1 aliphatic heterocycles. The average molecular weight is 292 g/mol. The number of nitrogens with one attached hydrogen (secondary N) is 1. The van der Waals surface area contributed by atoms with E-state index in [4.69, 9.17) is 0 Å². The van der Waals surface area contributed by atoms with Gasteiger partial charge in [0.15, 0.2) is 0 Å². The molecule has 0 bridgehead atoms. The van der Waals surface area contributed by atoms with Crippen LogP contribution in [0, 0.1) is 11.7 Å². The minimum atomic E-state index is -0.465. The Hall–Kier alpha value is -1.91. The Morgan fingerprint density at radius 2 is 1.86 bits per heavy atom. The fourth-order valence-corrected chi connectivity index (χ4v) is 2.50. The van der Waals surface area contributed by atoms with Crippen molar-refractivity contribution < 1.29 is 14.0 Å². The number of hydrogen-bond acceptors (Lipinski definition) is 2. The fraction of sp³-hybridized carbons (Fsp3) is 0.500. The molecular weight excluding hydrogens is 271 g/mol. The van der Waals surface area contributed by atoms with Crippen LogP contribution >= 0.6 is 0 Å². The van der Waals surface area contributed by atoms with Gasteiger partial charge in [0.25, 0.3) is 0 Å². The average Bonchev–Trinajstić information content (AvgIpc) is 2.44. The lowest BCUT2D eigenvalue weighted by Crippen LogP contribution is -2.64. The van der Waals surface area contributed by atoms with E-state index in [-0.39, 0.29) is 23.5 Å². The minimum Gasteiger partial charge on any atom is -0.342 e. The molecule has 21 heavy (non-hydrogen) atoms. The Morgan fingerprint density at radius 1 is 1.24 bits per heavy atom. The summed E-state index contributed by atoms with van der Waals surface area (Å²) in [7, 11) is 0. The summed E-state index contributed by atoms with van der Waals surface area (Å²) in [6.07, 6.45) is 0.606. The second-order valence-corrected chi connectivity index (χ2v) is 5.81. The van der Waals surface area contributed by atoms with Gasteiger partial charge in [-0.3, -0.25) is 9.59 Å². The first-order chi connectivity index (χ1) is 9.90. The van der Waals surface area contributed by atoms with Crippen LogP contribution in [0.4, 0.5) is 4.39 Å². The zero-order valence-electron chi connectivity index (χ0n) is 12.6. The molecule has 1 aromatic carbocycles. The Balaban J connectivity index is 2.07. The lowest BCUT2D eigenvalue weighted by Gasteiger charge is -2.38. The summed E-state index contributed by atoms with van der Waals surface area (Å²) in [5.41, 5.74) is 0.948. The fourth-order valence-electron chi connectivity index (χ4n) is 2.50. The summed E-state index contributed by atoms with van der Waals surface area (Å²) in [6, 6.07) is 5.29. The lowest BCUT2D eigenvalue weighted by molar-refractivity contribution is -0.149. The highest BCUT2D eigenvalue weighted by atomic mass is 19.1. The van der Waals surface area contributed by atoms with Gasteiger partial charge >= 0.3 is 0 Å². The second-order valence-electron chi connectivity index (χ2n) is 5.81. The molecule has 2 unspecified atom stereocenters.